The van der Waals surface area contributed by atoms with E-state index in [9.17, 15) is 12.8 Å². The fraction of sp³-hybridized carbons (Fsp3) is 0.211. The van der Waals surface area contributed by atoms with Crippen LogP contribution in [0.4, 0.5) is 10.1 Å². The van der Waals surface area contributed by atoms with Crippen molar-refractivity contribution in [3.8, 4) is 0 Å². The average molecular weight is 371 g/mol. The van der Waals surface area contributed by atoms with Gasteiger partial charge in [0, 0.05) is 49.3 Å². The zero-order valence-corrected chi connectivity index (χ0v) is 14.9. The van der Waals surface area contributed by atoms with Gasteiger partial charge < -0.3 is 4.90 Å². The van der Waals surface area contributed by atoms with Crippen LogP contribution in [0, 0.1) is 5.82 Å². The predicted molar refractivity (Wildman–Crippen MR) is 99.1 cm³/mol. The summed E-state index contributed by atoms with van der Waals surface area (Å²) in [6, 6.07) is 13.5. The monoisotopic (exact) mass is 371 g/mol. The first-order chi connectivity index (χ1) is 12.6. The molecule has 0 radical (unpaired) electrons. The Hall–Kier alpha value is -2.51. The van der Waals surface area contributed by atoms with E-state index in [-0.39, 0.29) is 10.7 Å². The molecule has 2 heterocycles. The van der Waals surface area contributed by atoms with E-state index in [4.69, 9.17) is 0 Å². The van der Waals surface area contributed by atoms with Gasteiger partial charge in [-0.2, -0.15) is 4.31 Å². The van der Waals surface area contributed by atoms with Crippen LogP contribution >= 0.6 is 0 Å². The number of hydrogen-bond acceptors (Lipinski definition) is 4. The summed E-state index contributed by atoms with van der Waals surface area (Å²) in [5, 5.41) is 1.46. The van der Waals surface area contributed by atoms with E-state index in [2.05, 4.69) is 4.98 Å². The second-order valence-corrected chi connectivity index (χ2v) is 8.10. The number of hydrogen-bond donors (Lipinski definition) is 0. The van der Waals surface area contributed by atoms with E-state index in [0.29, 0.717) is 37.3 Å². The number of halogens is 1. The molecule has 0 N–H and O–H groups in total. The van der Waals surface area contributed by atoms with Gasteiger partial charge in [-0.25, -0.2) is 12.8 Å². The summed E-state index contributed by atoms with van der Waals surface area (Å²) in [5.41, 5.74) is 0.515. The Balaban J connectivity index is 1.60. The van der Waals surface area contributed by atoms with Crippen LogP contribution in [0.25, 0.3) is 10.8 Å². The molecule has 0 spiro atoms. The van der Waals surface area contributed by atoms with Gasteiger partial charge >= 0.3 is 0 Å². The second kappa shape index (κ2) is 6.66. The highest BCUT2D eigenvalue weighted by molar-refractivity contribution is 7.89. The van der Waals surface area contributed by atoms with Gasteiger partial charge in [-0.15, -0.1) is 0 Å². The van der Waals surface area contributed by atoms with Crippen molar-refractivity contribution in [2.24, 2.45) is 0 Å². The minimum atomic E-state index is -3.62. The van der Waals surface area contributed by atoms with Crippen LogP contribution in [0.3, 0.4) is 0 Å². The lowest BCUT2D eigenvalue weighted by Gasteiger charge is -2.35. The number of aromatic nitrogens is 1. The van der Waals surface area contributed by atoms with Crippen molar-refractivity contribution in [2.45, 2.75) is 4.90 Å². The molecular weight excluding hydrogens is 353 g/mol. The fourth-order valence-corrected chi connectivity index (χ4v) is 4.97. The number of piperazine rings is 1. The van der Waals surface area contributed by atoms with Crippen molar-refractivity contribution in [2.75, 3.05) is 31.1 Å². The normalized spacial score (nSPS) is 16.1. The van der Waals surface area contributed by atoms with Crippen LogP contribution in [0.1, 0.15) is 0 Å². The van der Waals surface area contributed by atoms with Crippen molar-refractivity contribution in [3.05, 3.63) is 66.7 Å². The maximum absolute atomic E-state index is 14.0. The number of pyridine rings is 1. The van der Waals surface area contributed by atoms with Gasteiger partial charge in [0.05, 0.1) is 10.6 Å². The first kappa shape index (κ1) is 16.9. The Bertz CT molecular complexity index is 1040. The summed E-state index contributed by atoms with van der Waals surface area (Å²) in [4.78, 5) is 6.22. The first-order valence-electron chi connectivity index (χ1n) is 8.40. The van der Waals surface area contributed by atoms with Gasteiger partial charge in [0.15, 0.2) is 0 Å². The van der Waals surface area contributed by atoms with Crippen molar-refractivity contribution in [1.82, 2.24) is 9.29 Å². The smallest absolute Gasteiger partial charge is 0.243 e. The molecular formula is C19H18FN3O2S. The van der Waals surface area contributed by atoms with Crippen LogP contribution < -0.4 is 4.90 Å². The summed E-state index contributed by atoms with van der Waals surface area (Å²) in [6.07, 6.45) is 3.25. The zero-order valence-electron chi connectivity index (χ0n) is 14.0. The van der Waals surface area contributed by atoms with E-state index < -0.39 is 10.0 Å². The summed E-state index contributed by atoms with van der Waals surface area (Å²) in [7, 11) is -3.62. The van der Waals surface area contributed by atoms with E-state index in [1.165, 1.54) is 10.4 Å². The summed E-state index contributed by atoms with van der Waals surface area (Å²) < 4.78 is 41.7. The molecule has 134 valence electrons. The van der Waals surface area contributed by atoms with Crippen molar-refractivity contribution in [1.29, 1.82) is 0 Å². The van der Waals surface area contributed by atoms with Crippen molar-refractivity contribution in [3.63, 3.8) is 0 Å². The van der Waals surface area contributed by atoms with Gasteiger partial charge in [-0.1, -0.05) is 24.3 Å². The number of rotatable bonds is 3. The maximum atomic E-state index is 14.0. The number of benzene rings is 2. The third kappa shape index (κ3) is 2.93. The molecule has 1 saturated heterocycles. The SMILES string of the molecule is O=S(=O)(c1cccc2cnccc12)N1CCN(c2ccccc2F)CC1. The van der Waals surface area contributed by atoms with Crippen LogP contribution in [0.5, 0.6) is 0 Å². The van der Waals surface area contributed by atoms with Crippen LogP contribution in [0.2, 0.25) is 0 Å². The summed E-state index contributed by atoms with van der Waals surface area (Å²) in [5.74, 6) is -0.287. The molecule has 1 aromatic heterocycles. The third-order valence-electron chi connectivity index (χ3n) is 4.69. The number of para-hydroxylation sites is 1. The average Bonchev–Trinajstić information content (AvgIpc) is 2.68. The summed E-state index contributed by atoms with van der Waals surface area (Å²) >= 11 is 0. The van der Waals surface area contributed by atoms with Gasteiger partial charge in [-0.05, 0) is 24.3 Å². The zero-order chi connectivity index (χ0) is 18.1. The van der Waals surface area contributed by atoms with Crippen LogP contribution in [0.15, 0.2) is 65.8 Å². The molecule has 0 bridgehead atoms. The molecule has 1 fully saturated rings. The van der Waals surface area contributed by atoms with Crippen LogP contribution in [-0.2, 0) is 10.0 Å². The highest BCUT2D eigenvalue weighted by Gasteiger charge is 2.30. The Kier molecular flexibility index (Phi) is 4.34. The van der Waals surface area contributed by atoms with Gasteiger partial charge in [-0.3, -0.25) is 4.98 Å². The second-order valence-electron chi connectivity index (χ2n) is 6.20. The molecule has 0 saturated carbocycles. The lowest BCUT2D eigenvalue weighted by molar-refractivity contribution is 0.383. The lowest BCUT2D eigenvalue weighted by Crippen LogP contribution is -2.48. The predicted octanol–water partition coefficient (Wildman–Crippen LogP) is 2.88. The Labute approximate surface area is 151 Å². The molecule has 5 nitrogen and oxygen atoms in total. The lowest BCUT2D eigenvalue weighted by atomic mass is 10.2. The van der Waals surface area contributed by atoms with Crippen LogP contribution in [-0.4, -0.2) is 43.9 Å². The molecule has 0 unspecified atom stereocenters. The first-order valence-corrected chi connectivity index (χ1v) is 9.84. The molecule has 1 aliphatic rings. The molecule has 1 aliphatic heterocycles. The van der Waals surface area contributed by atoms with Gasteiger partial charge in [0.25, 0.3) is 0 Å². The van der Waals surface area contributed by atoms with Gasteiger partial charge in [0.1, 0.15) is 5.82 Å². The third-order valence-corrected chi connectivity index (χ3v) is 6.65. The molecule has 26 heavy (non-hydrogen) atoms. The van der Waals surface area contributed by atoms with E-state index >= 15 is 0 Å². The largest absolute Gasteiger partial charge is 0.367 e. The van der Waals surface area contributed by atoms with Crippen molar-refractivity contribution < 1.29 is 12.8 Å². The molecule has 4 rings (SSSR count). The van der Waals surface area contributed by atoms with Gasteiger partial charge in [0.2, 0.25) is 10.0 Å². The van der Waals surface area contributed by atoms with E-state index in [1.807, 2.05) is 11.0 Å². The topological polar surface area (TPSA) is 53.5 Å². The van der Waals surface area contributed by atoms with E-state index in [1.54, 1.807) is 48.8 Å². The van der Waals surface area contributed by atoms with E-state index in [0.717, 1.165) is 5.39 Å². The molecule has 2 aromatic carbocycles. The summed E-state index contributed by atoms with van der Waals surface area (Å²) in [6.45, 7) is 1.54. The molecule has 0 atom stereocenters. The molecule has 7 heteroatoms. The standard InChI is InChI=1S/C19H18FN3O2S/c20-17-5-1-2-6-18(17)22-10-12-23(13-11-22)26(24,25)19-7-3-4-15-14-21-9-8-16(15)19/h1-9,14H,10-13H2. The highest BCUT2D eigenvalue weighted by atomic mass is 32.2. The fourth-order valence-electron chi connectivity index (χ4n) is 3.33. The quantitative estimate of drug-likeness (QED) is 0.710. The number of nitrogens with zero attached hydrogens (tertiary/aromatic N) is 3. The van der Waals surface area contributed by atoms with Crippen molar-refractivity contribution >= 4 is 26.5 Å². The number of anilines is 1. The maximum Gasteiger partial charge on any atom is 0.243 e. The molecule has 0 amide bonds. The minimum Gasteiger partial charge on any atom is -0.367 e. The number of fused-ring (bicyclic) bond motifs is 1. The Morgan fingerprint density at radius 3 is 2.46 bits per heavy atom. The Morgan fingerprint density at radius 2 is 1.69 bits per heavy atom. The molecule has 3 aromatic rings. The molecule has 0 aliphatic carbocycles. The number of sulfonamides is 1. The highest BCUT2D eigenvalue weighted by Crippen LogP contribution is 2.27. The minimum absolute atomic E-state index is 0.287. The Morgan fingerprint density at radius 1 is 0.923 bits per heavy atom.